The molecule has 126 valence electrons. The summed E-state index contributed by atoms with van der Waals surface area (Å²) in [5.74, 6) is 0.705. The molecule has 2 aromatic heterocycles. The number of aromatic nitrogens is 2. The lowest BCUT2D eigenvalue weighted by Gasteiger charge is -2.12. The molecule has 0 aliphatic heterocycles. The molecule has 0 saturated carbocycles. The minimum absolute atomic E-state index is 0.0559. The van der Waals surface area contributed by atoms with Gasteiger partial charge in [0.05, 0.1) is 25.3 Å². The highest BCUT2D eigenvalue weighted by Gasteiger charge is 2.13. The van der Waals surface area contributed by atoms with Crippen molar-refractivity contribution in [3.05, 3.63) is 54.0 Å². The molecule has 24 heavy (non-hydrogen) atoms. The Hall–Kier alpha value is -2.60. The number of para-hydroxylation sites is 1. The van der Waals surface area contributed by atoms with Gasteiger partial charge in [-0.25, -0.2) is 0 Å². The summed E-state index contributed by atoms with van der Waals surface area (Å²) in [5.41, 5.74) is 1.97. The fourth-order valence-electron chi connectivity index (χ4n) is 2.56. The number of carbonyl (C=O) groups excluding carboxylic acids is 1. The first kappa shape index (κ1) is 16.3. The zero-order valence-electron chi connectivity index (χ0n) is 14.0. The van der Waals surface area contributed by atoms with Gasteiger partial charge in [0.1, 0.15) is 11.3 Å². The Kier molecular flexibility index (Phi) is 4.96. The molecule has 0 fully saturated rings. The van der Waals surface area contributed by atoms with E-state index in [2.05, 4.69) is 15.7 Å². The molecule has 0 aliphatic rings. The molecule has 0 bridgehead atoms. The highest BCUT2D eigenvalue weighted by atomic mass is 16.3. The van der Waals surface area contributed by atoms with E-state index in [9.17, 15) is 4.79 Å². The normalized spacial score (nSPS) is 12.4. The largest absolute Gasteiger partial charge is 0.459 e. The number of fused-ring (bicyclic) bond motifs is 1. The number of rotatable bonds is 7. The van der Waals surface area contributed by atoms with Gasteiger partial charge < -0.3 is 15.1 Å². The summed E-state index contributed by atoms with van der Waals surface area (Å²) in [6.07, 6.45) is 3.80. The summed E-state index contributed by atoms with van der Waals surface area (Å²) >= 11 is 0. The topological polar surface area (TPSA) is 72.1 Å². The molecule has 0 radical (unpaired) electrons. The van der Waals surface area contributed by atoms with Gasteiger partial charge in [-0.15, -0.1) is 0 Å². The van der Waals surface area contributed by atoms with Crippen molar-refractivity contribution in [1.29, 1.82) is 0 Å². The predicted molar refractivity (Wildman–Crippen MR) is 92.6 cm³/mol. The van der Waals surface area contributed by atoms with Crippen molar-refractivity contribution in [2.75, 3.05) is 13.1 Å². The molecule has 0 unspecified atom stereocenters. The Balaban J connectivity index is 1.44. The van der Waals surface area contributed by atoms with Crippen LogP contribution in [0.3, 0.4) is 0 Å². The van der Waals surface area contributed by atoms with Gasteiger partial charge in [-0.2, -0.15) is 5.10 Å². The highest BCUT2D eigenvalue weighted by molar-refractivity contribution is 5.80. The first-order valence-electron chi connectivity index (χ1n) is 8.09. The van der Waals surface area contributed by atoms with Crippen LogP contribution in [-0.4, -0.2) is 28.8 Å². The van der Waals surface area contributed by atoms with Crippen LogP contribution >= 0.6 is 0 Å². The van der Waals surface area contributed by atoms with Gasteiger partial charge in [0, 0.05) is 18.1 Å². The molecule has 2 N–H and O–H groups in total. The number of furan rings is 1. The number of hydrogen-bond donors (Lipinski definition) is 2. The quantitative estimate of drug-likeness (QED) is 0.654. The first-order chi connectivity index (χ1) is 11.6. The smallest absolute Gasteiger partial charge is 0.234 e. The van der Waals surface area contributed by atoms with Crippen LogP contribution in [0.5, 0.6) is 0 Å². The summed E-state index contributed by atoms with van der Waals surface area (Å²) in [6.45, 7) is 5.62. The third-order valence-corrected chi connectivity index (χ3v) is 3.81. The van der Waals surface area contributed by atoms with Crippen LogP contribution in [0.1, 0.15) is 24.3 Å². The van der Waals surface area contributed by atoms with Crippen molar-refractivity contribution in [3.8, 4) is 0 Å². The van der Waals surface area contributed by atoms with Crippen molar-refractivity contribution < 1.29 is 9.21 Å². The van der Waals surface area contributed by atoms with E-state index in [4.69, 9.17) is 4.42 Å². The summed E-state index contributed by atoms with van der Waals surface area (Å²) in [5, 5.41) is 11.3. The van der Waals surface area contributed by atoms with E-state index in [-0.39, 0.29) is 18.5 Å². The molecule has 6 heteroatoms. The Labute approximate surface area is 140 Å². The maximum atomic E-state index is 12.0. The van der Waals surface area contributed by atoms with E-state index in [1.54, 1.807) is 0 Å². The van der Waals surface area contributed by atoms with Gasteiger partial charge in [-0.05, 0) is 31.5 Å². The lowest BCUT2D eigenvalue weighted by Crippen LogP contribution is -2.36. The molecule has 1 amide bonds. The minimum atomic E-state index is -0.166. The van der Waals surface area contributed by atoms with Gasteiger partial charge in [0.25, 0.3) is 0 Å². The Morgan fingerprint density at radius 3 is 2.96 bits per heavy atom. The van der Waals surface area contributed by atoms with Gasteiger partial charge in [-0.1, -0.05) is 18.2 Å². The second-order valence-electron chi connectivity index (χ2n) is 5.93. The van der Waals surface area contributed by atoms with Crippen molar-refractivity contribution in [3.63, 3.8) is 0 Å². The molecule has 0 saturated heterocycles. The van der Waals surface area contributed by atoms with Crippen molar-refractivity contribution >= 4 is 16.9 Å². The van der Waals surface area contributed by atoms with Crippen molar-refractivity contribution in [1.82, 2.24) is 20.4 Å². The number of aryl methyl sites for hydroxylation is 1. The Bertz CT molecular complexity index is 788. The summed E-state index contributed by atoms with van der Waals surface area (Å²) in [4.78, 5) is 12.0. The molecule has 0 aliphatic carbocycles. The zero-order valence-corrected chi connectivity index (χ0v) is 14.0. The monoisotopic (exact) mass is 326 g/mol. The number of nitrogens with zero attached hydrogens (tertiary/aromatic N) is 2. The molecule has 6 nitrogen and oxygen atoms in total. The van der Waals surface area contributed by atoms with E-state index in [1.165, 1.54) is 0 Å². The molecule has 3 rings (SSSR count). The summed E-state index contributed by atoms with van der Waals surface area (Å²) in [7, 11) is 0. The lowest BCUT2D eigenvalue weighted by molar-refractivity contribution is -0.121. The van der Waals surface area contributed by atoms with Crippen molar-refractivity contribution in [2.45, 2.75) is 26.4 Å². The van der Waals surface area contributed by atoms with Crippen molar-refractivity contribution in [2.24, 2.45) is 0 Å². The molecular weight excluding hydrogens is 304 g/mol. The van der Waals surface area contributed by atoms with Crippen LogP contribution in [0, 0.1) is 6.92 Å². The number of nitrogens with one attached hydrogen (secondary N) is 2. The van der Waals surface area contributed by atoms with Crippen LogP contribution in [0.25, 0.3) is 11.0 Å². The second kappa shape index (κ2) is 7.31. The lowest BCUT2D eigenvalue weighted by atomic mass is 10.2. The van der Waals surface area contributed by atoms with Gasteiger partial charge >= 0.3 is 0 Å². The fourth-order valence-corrected chi connectivity index (χ4v) is 2.56. The highest BCUT2D eigenvalue weighted by Crippen LogP contribution is 2.23. The summed E-state index contributed by atoms with van der Waals surface area (Å²) < 4.78 is 7.63. The van der Waals surface area contributed by atoms with Gasteiger partial charge in [0.2, 0.25) is 5.91 Å². The van der Waals surface area contributed by atoms with Crippen LogP contribution in [-0.2, 0) is 11.3 Å². The summed E-state index contributed by atoms with van der Waals surface area (Å²) in [6, 6.07) is 9.62. The number of hydrogen-bond acceptors (Lipinski definition) is 4. The zero-order chi connectivity index (χ0) is 16.9. The van der Waals surface area contributed by atoms with E-state index < -0.39 is 0 Å². The molecule has 0 spiro atoms. The minimum Gasteiger partial charge on any atom is -0.459 e. The van der Waals surface area contributed by atoms with Gasteiger partial charge in [-0.3, -0.25) is 9.48 Å². The standard InChI is InChI=1S/C18H22N4O2/c1-13-10-20-22(12-13)8-7-19-11-18(23)21-14(2)17-9-15-5-3-4-6-16(15)24-17/h3-6,9-10,12,14,19H,7-8,11H2,1-2H3,(H,21,23)/t14-/m1/s1. The van der Waals surface area contributed by atoms with Crippen LogP contribution in [0.15, 0.2) is 47.1 Å². The Morgan fingerprint density at radius 2 is 2.21 bits per heavy atom. The van der Waals surface area contributed by atoms with Crippen LogP contribution in [0.4, 0.5) is 0 Å². The van der Waals surface area contributed by atoms with E-state index >= 15 is 0 Å². The third kappa shape index (κ3) is 4.02. The SMILES string of the molecule is Cc1cnn(CCNCC(=O)N[C@H](C)c2cc3ccccc3o2)c1. The fraction of sp³-hybridized carbons (Fsp3) is 0.333. The number of carbonyl (C=O) groups is 1. The molecule has 1 aromatic carbocycles. The molecular formula is C18H22N4O2. The average molecular weight is 326 g/mol. The van der Waals surface area contributed by atoms with E-state index in [1.807, 2.05) is 61.3 Å². The second-order valence-corrected chi connectivity index (χ2v) is 5.93. The first-order valence-corrected chi connectivity index (χ1v) is 8.09. The molecule has 1 atom stereocenters. The maximum Gasteiger partial charge on any atom is 0.234 e. The number of benzene rings is 1. The predicted octanol–water partition coefficient (Wildman–Crippen LogP) is 2.40. The molecule has 3 aromatic rings. The van der Waals surface area contributed by atoms with Crippen LogP contribution < -0.4 is 10.6 Å². The molecule has 2 heterocycles. The average Bonchev–Trinajstić information content (AvgIpc) is 3.17. The Morgan fingerprint density at radius 1 is 1.38 bits per heavy atom. The maximum absolute atomic E-state index is 12.0. The van der Waals surface area contributed by atoms with Gasteiger partial charge in [0.15, 0.2) is 0 Å². The van der Waals surface area contributed by atoms with Crippen LogP contribution in [0.2, 0.25) is 0 Å². The third-order valence-electron chi connectivity index (χ3n) is 3.81. The number of amides is 1. The van der Waals surface area contributed by atoms with E-state index in [0.29, 0.717) is 6.54 Å². The van der Waals surface area contributed by atoms with E-state index in [0.717, 1.165) is 28.8 Å².